The number of nitrogens with zero attached hydrogens (tertiary/aromatic N) is 1. The third-order valence-corrected chi connectivity index (χ3v) is 4.63. The van der Waals surface area contributed by atoms with Crippen molar-refractivity contribution in [3.8, 4) is 6.07 Å². The molecule has 0 bridgehead atoms. The molecule has 27 heavy (non-hydrogen) atoms. The van der Waals surface area contributed by atoms with Gasteiger partial charge in [-0.05, 0) is 43.4 Å². The first-order chi connectivity index (χ1) is 12.8. The van der Waals surface area contributed by atoms with Gasteiger partial charge in [-0.2, -0.15) is 5.26 Å². The van der Waals surface area contributed by atoms with Gasteiger partial charge in [0.2, 0.25) is 0 Å². The van der Waals surface area contributed by atoms with E-state index in [-0.39, 0.29) is 6.42 Å². The number of ether oxygens (including phenoxy) is 1. The van der Waals surface area contributed by atoms with Gasteiger partial charge in [0.15, 0.2) is 6.61 Å². The first-order valence-electron chi connectivity index (χ1n) is 8.53. The maximum absolute atomic E-state index is 12.1. The summed E-state index contributed by atoms with van der Waals surface area (Å²) in [6.45, 7) is -0.494. The van der Waals surface area contributed by atoms with E-state index in [1.54, 1.807) is 24.3 Å². The zero-order valence-electron chi connectivity index (χ0n) is 14.7. The van der Waals surface area contributed by atoms with Gasteiger partial charge in [0.25, 0.3) is 5.91 Å². The molecule has 2 rings (SSSR count). The van der Waals surface area contributed by atoms with E-state index in [1.807, 2.05) is 0 Å². The quantitative estimate of drug-likeness (QED) is 0.609. The Labute approximate surface area is 162 Å². The van der Waals surface area contributed by atoms with Crippen LogP contribution in [-0.4, -0.2) is 30.1 Å². The molecule has 0 radical (unpaired) electrons. The van der Waals surface area contributed by atoms with Crippen molar-refractivity contribution in [3.05, 3.63) is 34.9 Å². The molecule has 8 nitrogen and oxygen atoms in total. The number of urea groups is 1. The number of hydrogen-bond donors (Lipinski definition) is 3. The Morgan fingerprint density at radius 1 is 1.26 bits per heavy atom. The van der Waals surface area contributed by atoms with E-state index in [1.165, 1.54) is 0 Å². The van der Waals surface area contributed by atoms with E-state index >= 15 is 0 Å². The van der Waals surface area contributed by atoms with Gasteiger partial charge in [-0.15, -0.1) is 0 Å². The summed E-state index contributed by atoms with van der Waals surface area (Å²) in [6.07, 6.45) is 2.71. The maximum Gasteiger partial charge on any atom is 0.312 e. The SMILES string of the molecule is N#CC1(NC(=O)COC(=O)C[C@H](NC(N)=O)c2ccc(Cl)cc2)CCCC1. The largest absolute Gasteiger partial charge is 0.456 e. The molecule has 0 aliphatic heterocycles. The van der Waals surface area contributed by atoms with E-state index in [4.69, 9.17) is 22.1 Å². The monoisotopic (exact) mass is 392 g/mol. The van der Waals surface area contributed by atoms with E-state index in [0.717, 1.165) is 12.8 Å². The molecular formula is C18H21ClN4O4. The van der Waals surface area contributed by atoms with E-state index in [2.05, 4.69) is 16.7 Å². The van der Waals surface area contributed by atoms with E-state index in [0.29, 0.717) is 23.4 Å². The first kappa shape index (κ1) is 20.5. The van der Waals surface area contributed by atoms with Crippen molar-refractivity contribution < 1.29 is 19.1 Å². The van der Waals surface area contributed by atoms with Crippen molar-refractivity contribution in [3.63, 3.8) is 0 Å². The first-order valence-corrected chi connectivity index (χ1v) is 8.91. The topological polar surface area (TPSA) is 134 Å². The summed E-state index contributed by atoms with van der Waals surface area (Å²) in [5, 5.41) is 14.9. The van der Waals surface area contributed by atoms with Gasteiger partial charge in [0.05, 0.1) is 18.5 Å². The fourth-order valence-electron chi connectivity index (χ4n) is 3.04. The Bertz CT molecular complexity index is 739. The molecule has 9 heteroatoms. The summed E-state index contributed by atoms with van der Waals surface area (Å²) >= 11 is 5.83. The lowest BCUT2D eigenvalue weighted by atomic mass is 10.00. The molecule has 144 valence electrons. The van der Waals surface area contributed by atoms with Gasteiger partial charge in [-0.25, -0.2) is 4.79 Å². The van der Waals surface area contributed by atoms with Crippen molar-refractivity contribution in [1.82, 2.24) is 10.6 Å². The molecular weight excluding hydrogens is 372 g/mol. The fraction of sp³-hybridized carbons (Fsp3) is 0.444. The van der Waals surface area contributed by atoms with Crippen LogP contribution in [-0.2, 0) is 14.3 Å². The Balaban J connectivity index is 1.89. The smallest absolute Gasteiger partial charge is 0.312 e. The predicted molar refractivity (Wildman–Crippen MR) is 97.4 cm³/mol. The van der Waals surface area contributed by atoms with Gasteiger partial charge in [0, 0.05) is 5.02 Å². The molecule has 1 aliphatic carbocycles. The summed E-state index contributed by atoms with van der Waals surface area (Å²) in [4.78, 5) is 35.3. The maximum atomic E-state index is 12.1. The summed E-state index contributed by atoms with van der Waals surface area (Å²) in [7, 11) is 0. The molecule has 1 saturated carbocycles. The van der Waals surface area contributed by atoms with Crippen LogP contribution in [0, 0.1) is 11.3 Å². The van der Waals surface area contributed by atoms with Gasteiger partial charge in [0.1, 0.15) is 5.54 Å². The second-order valence-corrected chi connectivity index (χ2v) is 6.86. The number of benzene rings is 1. The number of carbonyl (C=O) groups excluding carboxylic acids is 3. The third-order valence-electron chi connectivity index (χ3n) is 4.37. The molecule has 1 aliphatic rings. The minimum Gasteiger partial charge on any atom is -0.456 e. The Kier molecular flexibility index (Phi) is 7.02. The number of nitrogens with two attached hydrogens (primary N) is 1. The normalized spacial score (nSPS) is 16.0. The molecule has 0 heterocycles. The molecule has 1 aromatic carbocycles. The molecule has 0 saturated heterocycles. The van der Waals surface area contributed by atoms with Gasteiger partial charge in [-0.3, -0.25) is 9.59 Å². The minimum absolute atomic E-state index is 0.207. The molecule has 0 aromatic heterocycles. The second-order valence-electron chi connectivity index (χ2n) is 6.43. The number of halogens is 1. The number of hydrogen-bond acceptors (Lipinski definition) is 5. The lowest BCUT2D eigenvalue weighted by Gasteiger charge is -2.22. The van der Waals surface area contributed by atoms with Gasteiger partial charge in [-0.1, -0.05) is 23.7 Å². The van der Waals surface area contributed by atoms with Crippen molar-refractivity contribution in [2.45, 2.75) is 43.7 Å². The van der Waals surface area contributed by atoms with Crippen LogP contribution in [0.3, 0.4) is 0 Å². The number of primary amides is 1. The standard InChI is InChI=1S/C18H21ClN4O4/c19-13-5-3-12(4-6-13)14(22-17(21)26)9-16(25)27-10-15(24)23-18(11-20)7-1-2-8-18/h3-6,14H,1-2,7-10H2,(H,23,24)(H3,21,22,26)/t14-/m0/s1. The van der Waals surface area contributed by atoms with Crippen LogP contribution >= 0.6 is 11.6 Å². The highest BCUT2D eigenvalue weighted by molar-refractivity contribution is 6.30. The average Bonchev–Trinajstić information content (AvgIpc) is 3.08. The van der Waals surface area contributed by atoms with Crippen LogP contribution in [0.1, 0.15) is 43.7 Å². The molecule has 1 aromatic rings. The number of amides is 3. The Morgan fingerprint density at radius 2 is 1.89 bits per heavy atom. The zero-order chi connectivity index (χ0) is 19.9. The van der Waals surface area contributed by atoms with Crippen molar-refractivity contribution >= 4 is 29.5 Å². The number of nitriles is 1. The Hall–Kier alpha value is -2.79. The van der Waals surface area contributed by atoms with Gasteiger partial charge >= 0.3 is 12.0 Å². The second kappa shape index (κ2) is 9.24. The summed E-state index contributed by atoms with van der Waals surface area (Å²) < 4.78 is 4.98. The van der Waals surface area contributed by atoms with Crippen LogP contribution in [0.2, 0.25) is 5.02 Å². The highest BCUT2D eigenvalue weighted by Crippen LogP contribution is 2.28. The lowest BCUT2D eigenvalue weighted by Crippen LogP contribution is -2.46. The minimum atomic E-state index is -0.872. The van der Waals surface area contributed by atoms with Gasteiger partial charge < -0.3 is 21.1 Å². The summed E-state index contributed by atoms with van der Waals surface area (Å²) in [5.74, 6) is -1.21. The van der Waals surface area contributed by atoms with Crippen LogP contribution in [0.25, 0.3) is 0 Å². The van der Waals surface area contributed by atoms with Crippen LogP contribution in [0.15, 0.2) is 24.3 Å². The number of nitrogens with one attached hydrogen (secondary N) is 2. The molecule has 3 amide bonds. The van der Waals surface area contributed by atoms with E-state index in [9.17, 15) is 19.6 Å². The zero-order valence-corrected chi connectivity index (χ0v) is 15.4. The lowest BCUT2D eigenvalue weighted by molar-refractivity contribution is -0.149. The highest BCUT2D eigenvalue weighted by atomic mass is 35.5. The summed E-state index contributed by atoms with van der Waals surface area (Å²) in [5.41, 5.74) is 4.90. The summed E-state index contributed by atoms with van der Waals surface area (Å²) in [6, 6.07) is 7.17. The average molecular weight is 393 g/mol. The molecule has 4 N–H and O–H groups in total. The van der Waals surface area contributed by atoms with Crippen LogP contribution < -0.4 is 16.4 Å². The molecule has 1 fully saturated rings. The Morgan fingerprint density at radius 3 is 2.44 bits per heavy atom. The predicted octanol–water partition coefficient (Wildman–Crippen LogP) is 1.94. The van der Waals surface area contributed by atoms with Crippen molar-refractivity contribution in [2.24, 2.45) is 5.73 Å². The van der Waals surface area contributed by atoms with Crippen molar-refractivity contribution in [2.75, 3.05) is 6.61 Å². The highest BCUT2D eigenvalue weighted by Gasteiger charge is 2.35. The third kappa shape index (κ3) is 6.15. The van der Waals surface area contributed by atoms with Crippen molar-refractivity contribution in [1.29, 1.82) is 5.26 Å². The number of rotatable bonds is 7. The van der Waals surface area contributed by atoms with E-state index < -0.39 is 36.1 Å². The van der Waals surface area contributed by atoms with Crippen LogP contribution in [0.4, 0.5) is 4.79 Å². The molecule has 1 atom stereocenters. The van der Waals surface area contributed by atoms with Crippen LogP contribution in [0.5, 0.6) is 0 Å². The number of esters is 1. The number of carbonyl (C=O) groups is 3. The fourth-order valence-corrected chi connectivity index (χ4v) is 3.16. The molecule has 0 spiro atoms. The molecule has 0 unspecified atom stereocenters.